The molecule has 1 heterocycles. The molecule has 0 saturated heterocycles. The fourth-order valence-corrected chi connectivity index (χ4v) is 1.55. The van der Waals surface area contributed by atoms with Gasteiger partial charge in [0, 0.05) is 6.20 Å². The molecule has 2 aromatic rings. The number of methoxy groups -OCH3 is 1. The summed E-state index contributed by atoms with van der Waals surface area (Å²) in [4.78, 5) is 14.7. The van der Waals surface area contributed by atoms with E-state index in [1.165, 1.54) is 6.20 Å². The van der Waals surface area contributed by atoms with Gasteiger partial charge in [-0.2, -0.15) is 0 Å². The van der Waals surface area contributed by atoms with E-state index in [2.05, 4.69) is 4.98 Å². The van der Waals surface area contributed by atoms with Crippen molar-refractivity contribution in [2.75, 3.05) is 7.11 Å². The van der Waals surface area contributed by atoms with Crippen LogP contribution in [0.15, 0.2) is 42.6 Å². The molecular weight excluding hydrogens is 246 g/mol. The molecule has 0 aliphatic carbocycles. The molecule has 0 radical (unpaired) electrons. The maximum atomic E-state index is 11.0. The number of aromatic nitrogens is 1. The number of carboxylic acids is 1. The normalized spacial score (nSPS) is 9.95. The molecule has 0 spiro atoms. The van der Waals surface area contributed by atoms with Gasteiger partial charge in [-0.1, -0.05) is 12.1 Å². The number of aromatic carboxylic acids is 1. The van der Waals surface area contributed by atoms with Crippen molar-refractivity contribution < 1.29 is 19.4 Å². The average Bonchev–Trinajstić information content (AvgIpc) is 2.46. The van der Waals surface area contributed by atoms with Gasteiger partial charge in [-0.25, -0.2) is 9.78 Å². The number of carboxylic acid groups (broad SMARTS) is 1. The lowest BCUT2D eigenvalue weighted by Gasteiger charge is -2.08. The van der Waals surface area contributed by atoms with E-state index in [-0.39, 0.29) is 18.1 Å². The van der Waals surface area contributed by atoms with Gasteiger partial charge < -0.3 is 14.6 Å². The van der Waals surface area contributed by atoms with Crippen LogP contribution in [0.4, 0.5) is 0 Å². The summed E-state index contributed by atoms with van der Waals surface area (Å²) in [7, 11) is 1.60. The van der Waals surface area contributed by atoms with Gasteiger partial charge in [0.15, 0.2) is 11.4 Å². The molecule has 0 unspecified atom stereocenters. The minimum atomic E-state index is -1.11. The molecule has 0 saturated carbocycles. The predicted octanol–water partition coefficient (Wildman–Crippen LogP) is 2.37. The molecule has 0 fully saturated rings. The maximum absolute atomic E-state index is 11.0. The van der Waals surface area contributed by atoms with Crippen LogP contribution in [0, 0.1) is 0 Å². The van der Waals surface area contributed by atoms with Crippen LogP contribution in [-0.4, -0.2) is 23.2 Å². The van der Waals surface area contributed by atoms with E-state index in [1.807, 2.05) is 24.3 Å². The van der Waals surface area contributed by atoms with Crippen molar-refractivity contribution in [2.24, 2.45) is 0 Å². The van der Waals surface area contributed by atoms with Crippen LogP contribution < -0.4 is 9.47 Å². The molecule has 5 nitrogen and oxygen atoms in total. The fraction of sp³-hybridized carbons (Fsp3) is 0.143. The molecule has 1 N–H and O–H groups in total. The van der Waals surface area contributed by atoms with Gasteiger partial charge in [0.2, 0.25) is 0 Å². The second kappa shape index (κ2) is 5.86. The molecule has 0 amide bonds. The van der Waals surface area contributed by atoms with Gasteiger partial charge in [0.25, 0.3) is 0 Å². The zero-order valence-electron chi connectivity index (χ0n) is 10.4. The predicted molar refractivity (Wildman–Crippen MR) is 68.5 cm³/mol. The van der Waals surface area contributed by atoms with E-state index >= 15 is 0 Å². The number of hydrogen-bond acceptors (Lipinski definition) is 4. The Morgan fingerprint density at radius 1 is 1.26 bits per heavy atom. The number of rotatable bonds is 5. The van der Waals surface area contributed by atoms with Crippen molar-refractivity contribution >= 4 is 5.97 Å². The van der Waals surface area contributed by atoms with Crippen molar-refractivity contribution in [1.29, 1.82) is 0 Å². The van der Waals surface area contributed by atoms with Crippen LogP contribution in [0.5, 0.6) is 11.5 Å². The van der Waals surface area contributed by atoms with Crippen LogP contribution >= 0.6 is 0 Å². The van der Waals surface area contributed by atoms with Crippen LogP contribution in [-0.2, 0) is 6.61 Å². The Bertz CT molecular complexity index is 566. The van der Waals surface area contributed by atoms with E-state index in [4.69, 9.17) is 14.6 Å². The second-order valence-electron chi connectivity index (χ2n) is 3.79. The average molecular weight is 259 g/mol. The summed E-state index contributed by atoms with van der Waals surface area (Å²) >= 11 is 0. The van der Waals surface area contributed by atoms with Crippen LogP contribution in [0.25, 0.3) is 0 Å². The smallest absolute Gasteiger partial charge is 0.358 e. The number of hydrogen-bond donors (Lipinski definition) is 1. The third-order valence-electron chi connectivity index (χ3n) is 2.53. The number of pyridine rings is 1. The largest absolute Gasteiger partial charge is 0.497 e. The first-order valence-electron chi connectivity index (χ1n) is 5.64. The van der Waals surface area contributed by atoms with Crippen LogP contribution in [0.1, 0.15) is 16.1 Å². The van der Waals surface area contributed by atoms with Gasteiger partial charge in [-0.3, -0.25) is 0 Å². The van der Waals surface area contributed by atoms with Crippen molar-refractivity contribution in [1.82, 2.24) is 4.98 Å². The van der Waals surface area contributed by atoms with Gasteiger partial charge in [0.1, 0.15) is 12.4 Å². The van der Waals surface area contributed by atoms with E-state index in [1.54, 1.807) is 19.2 Å². The molecular formula is C14H13NO4. The second-order valence-corrected chi connectivity index (χ2v) is 3.79. The third-order valence-corrected chi connectivity index (χ3v) is 2.53. The topological polar surface area (TPSA) is 68.7 Å². The van der Waals surface area contributed by atoms with Crippen molar-refractivity contribution in [3.63, 3.8) is 0 Å². The highest BCUT2D eigenvalue weighted by Crippen LogP contribution is 2.18. The number of carbonyl (C=O) groups is 1. The summed E-state index contributed by atoms with van der Waals surface area (Å²) in [5.74, 6) is -0.0903. The Kier molecular flexibility index (Phi) is 3.97. The molecule has 0 atom stereocenters. The molecule has 0 aliphatic heterocycles. The number of benzene rings is 1. The third kappa shape index (κ3) is 3.22. The van der Waals surface area contributed by atoms with E-state index < -0.39 is 5.97 Å². The molecule has 19 heavy (non-hydrogen) atoms. The van der Waals surface area contributed by atoms with E-state index in [9.17, 15) is 4.79 Å². The van der Waals surface area contributed by atoms with Crippen molar-refractivity contribution in [3.05, 3.63) is 53.9 Å². The van der Waals surface area contributed by atoms with Crippen LogP contribution in [0.3, 0.4) is 0 Å². The molecule has 2 rings (SSSR count). The Labute approximate surface area is 110 Å². The Balaban J connectivity index is 2.07. The zero-order valence-corrected chi connectivity index (χ0v) is 10.4. The first kappa shape index (κ1) is 12.9. The monoisotopic (exact) mass is 259 g/mol. The minimum Gasteiger partial charge on any atom is -0.497 e. The van der Waals surface area contributed by atoms with E-state index in [0.29, 0.717) is 0 Å². The minimum absolute atomic E-state index is 0.0870. The van der Waals surface area contributed by atoms with Crippen LogP contribution in [0.2, 0.25) is 0 Å². The van der Waals surface area contributed by atoms with Crippen molar-refractivity contribution in [3.8, 4) is 11.5 Å². The summed E-state index contributed by atoms with van der Waals surface area (Å²) in [6, 6.07) is 10.6. The van der Waals surface area contributed by atoms with E-state index in [0.717, 1.165) is 11.3 Å². The lowest BCUT2D eigenvalue weighted by atomic mass is 10.2. The quantitative estimate of drug-likeness (QED) is 0.892. The van der Waals surface area contributed by atoms with Gasteiger partial charge >= 0.3 is 5.97 Å². The Morgan fingerprint density at radius 3 is 2.63 bits per heavy atom. The summed E-state index contributed by atoms with van der Waals surface area (Å²) < 4.78 is 10.5. The zero-order chi connectivity index (χ0) is 13.7. The molecule has 98 valence electrons. The fourth-order valence-electron chi connectivity index (χ4n) is 1.55. The number of nitrogens with zero attached hydrogens (tertiary/aromatic N) is 1. The Morgan fingerprint density at radius 2 is 2.00 bits per heavy atom. The summed E-state index contributed by atoms with van der Waals surface area (Å²) in [6.07, 6.45) is 1.42. The summed E-state index contributed by atoms with van der Waals surface area (Å²) in [5.41, 5.74) is 0.831. The van der Waals surface area contributed by atoms with Crippen molar-refractivity contribution in [2.45, 2.75) is 6.61 Å². The highest BCUT2D eigenvalue weighted by Gasteiger charge is 2.12. The standard InChI is InChI=1S/C14H13NO4/c1-18-11-6-4-10(5-7-11)9-19-12-3-2-8-15-13(12)14(16)17/h2-8H,9H2,1H3,(H,16,17). The first-order chi connectivity index (χ1) is 9.20. The highest BCUT2D eigenvalue weighted by molar-refractivity contribution is 5.88. The summed E-state index contributed by atoms with van der Waals surface area (Å²) in [6.45, 7) is 0.274. The summed E-state index contributed by atoms with van der Waals surface area (Å²) in [5, 5.41) is 8.97. The van der Waals surface area contributed by atoms with Gasteiger partial charge in [-0.05, 0) is 29.8 Å². The number of ether oxygens (including phenoxy) is 2. The van der Waals surface area contributed by atoms with Gasteiger partial charge in [-0.15, -0.1) is 0 Å². The maximum Gasteiger partial charge on any atom is 0.358 e. The molecule has 5 heteroatoms. The molecule has 1 aromatic heterocycles. The lowest BCUT2D eigenvalue weighted by Crippen LogP contribution is -2.05. The Hall–Kier alpha value is -2.56. The SMILES string of the molecule is COc1ccc(COc2cccnc2C(=O)O)cc1. The lowest BCUT2D eigenvalue weighted by molar-refractivity contribution is 0.0685. The molecule has 1 aromatic carbocycles. The highest BCUT2D eigenvalue weighted by atomic mass is 16.5. The molecule has 0 bridgehead atoms. The molecule has 0 aliphatic rings. The van der Waals surface area contributed by atoms with Gasteiger partial charge in [0.05, 0.1) is 7.11 Å². The first-order valence-corrected chi connectivity index (χ1v) is 5.64.